The van der Waals surface area contributed by atoms with Gasteiger partial charge in [-0.1, -0.05) is 13.0 Å². The molecule has 1 aromatic carbocycles. The van der Waals surface area contributed by atoms with Crippen molar-refractivity contribution in [2.75, 3.05) is 19.6 Å². The number of non-ortho nitro benzene ring substituents is 1. The van der Waals surface area contributed by atoms with Gasteiger partial charge < -0.3 is 0 Å². The number of hydrogen-bond donors (Lipinski definition) is 0. The van der Waals surface area contributed by atoms with E-state index in [1.165, 1.54) is 43.5 Å². The average Bonchev–Trinajstić information content (AvgIpc) is 2.47. The van der Waals surface area contributed by atoms with E-state index in [1.54, 1.807) is 0 Å². The van der Waals surface area contributed by atoms with Gasteiger partial charge in [0, 0.05) is 29.8 Å². The van der Waals surface area contributed by atoms with Crippen molar-refractivity contribution in [2.24, 2.45) is 0 Å². The van der Waals surface area contributed by atoms with Gasteiger partial charge >= 0.3 is 0 Å². The van der Waals surface area contributed by atoms with Gasteiger partial charge in [-0.3, -0.25) is 19.8 Å². The minimum Gasteiger partial charge on any atom is -0.299 e. The molecule has 1 saturated heterocycles. The number of nitro groups is 1. The van der Waals surface area contributed by atoms with Crippen LogP contribution in [0.1, 0.15) is 29.6 Å². The van der Waals surface area contributed by atoms with Crippen molar-refractivity contribution in [3.63, 3.8) is 0 Å². The van der Waals surface area contributed by atoms with Crippen LogP contribution < -0.4 is 0 Å². The fourth-order valence-electron chi connectivity index (χ4n) is 2.40. The number of likely N-dealkylation sites (tertiary alicyclic amines) is 1. The number of Topliss-reactive ketones (excluding diaryl/α,β-unsaturated/α-hetero) is 1. The summed E-state index contributed by atoms with van der Waals surface area (Å²) in [4.78, 5) is 24.5. The van der Waals surface area contributed by atoms with Gasteiger partial charge in [-0.2, -0.15) is 0 Å². The van der Waals surface area contributed by atoms with Crippen LogP contribution in [-0.4, -0.2) is 35.2 Å². The molecule has 1 aliphatic heterocycles. The molecule has 0 amide bonds. The summed E-state index contributed by atoms with van der Waals surface area (Å²) in [6.45, 7) is 6.45. The number of piperidine rings is 1. The summed E-state index contributed by atoms with van der Waals surface area (Å²) in [5, 5.41) is 10.6. The summed E-state index contributed by atoms with van der Waals surface area (Å²) in [6.07, 6.45) is 3.58. The monoisotopic (exact) mass is 310 g/mol. The van der Waals surface area contributed by atoms with E-state index in [4.69, 9.17) is 0 Å². The fourth-order valence-corrected chi connectivity index (χ4v) is 2.40. The molecule has 0 aromatic heterocycles. The maximum absolute atomic E-state index is 12.2. The average molecular weight is 311 g/mol. The predicted octanol–water partition coefficient (Wildman–Crippen LogP) is 3.24. The van der Waals surface area contributed by atoms with Gasteiger partial charge in [0.15, 0.2) is 5.78 Å². The quantitative estimate of drug-likeness (QED) is 0.362. The number of nitro benzene ring substituents is 1. The Labute approximate surface area is 130 Å². The van der Waals surface area contributed by atoms with Gasteiger partial charge in [-0.05, 0) is 38.1 Å². The van der Waals surface area contributed by atoms with E-state index in [0.29, 0.717) is 17.7 Å². The first-order valence-corrected chi connectivity index (χ1v) is 6.77. The van der Waals surface area contributed by atoms with Crippen molar-refractivity contribution in [1.82, 2.24) is 4.90 Å². The molecule has 1 fully saturated rings. The van der Waals surface area contributed by atoms with Crippen LogP contribution in [-0.2, 0) is 0 Å². The molecule has 0 N–H and O–H groups in total. The first-order chi connectivity index (χ1) is 9.58. The van der Waals surface area contributed by atoms with E-state index >= 15 is 0 Å². The van der Waals surface area contributed by atoms with E-state index in [-0.39, 0.29) is 23.9 Å². The highest BCUT2D eigenvalue weighted by molar-refractivity contribution is 6.08. The molecular formula is C15H19ClN2O3. The highest BCUT2D eigenvalue weighted by Gasteiger charge is 2.16. The Hall–Kier alpha value is -1.72. The minimum atomic E-state index is -0.475. The Morgan fingerprint density at radius 1 is 1.19 bits per heavy atom. The second kappa shape index (κ2) is 7.90. The zero-order chi connectivity index (χ0) is 14.5. The number of carbonyl (C=O) groups excluding carboxylic acids is 1. The van der Waals surface area contributed by atoms with Crippen LogP contribution in [0.4, 0.5) is 5.69 Å². The zero-order valence-electron chi connectivity index (χ0n) is 11.8. The molecule has 0 unspecified atom stereocenters. The number of hydrogen-bond acceptors (Lipinski definition) is 4. The van der Waals surface area contributed by atoms with E-state index in [0.717, 1.165) is 13.1 Å². The molecule has 114 valence electrons. The molecule has 6 heteroatoms. The molecule has 0 atom stereocenters. The second-order valence-corrected chi connectivity index (χ2v) is 5.07. The summed E-state index contributed by atoms with van der Waals surface area (Å²) in [7, 11) is 0. The number of benzene rings is 1. The summed E-state index contributed by atoms with van der Waals surface area (Å²) < 4.78 is 0. The molecular weight excluding hydrogens is 292 g/mol. The standard InChI is InChI=1S/C15H18N2O3.ClH/c1-12(11-16-9-3-2-4-10-16)15(18)13-5-7-14(8-6-13)17(19)20;/h5-8H,1-4,9-11H2;1H. The molecule has 21 heavy (non-hydrogen) atoms. The van der Waals surface area contributed by atoms with Gasteiger partial charge in [-0.15, -0.1) is 12.4 Å². The first-order valence-electron chi connectivity index (χ1n) is 6.77. The molecule has 0 aliphatic carbocycles. The van der Waals surface area contributed by atoms with Crippen LogP contribution in [0.3, 0.4) is 0 Å². The Morgan fingerprint density at radius 2 is 1.76 bits per heavy atom. The van der Waals surface area contributed by atoms with Gasteiger partial charge in [0.25, 0.3) is 5.69 Å². The maximum atomic E-state index is 12.2. The summed E-state index contributed by atoms with van der Waals surface area (Å²) >= 11 is 0. The van der Waals surface area contributed by atoms with Gasteiger partial charge in [0.1, 0.15) is 0 Å². The zero-order valence-corrected chi connectivity index (χ0v) is 12.6. The Bertz CT molecular complexity index is 522. The number of halogens is 1. The lowest BCUT2D eigenvalue weighted by Crippen LogP contribution is -2.32. The molecule has 5 nitrogen and oxygen atoms in total. The van der Waals surface area contributed by atoms with E-state index in [2.05, 4.69) is 11.5 Å². The third kappa shape index (κ3) is 4.65. The minimum absolute atomic E-state index is 0. The number of ketones is 1. The summed E-state index contributed by atoms with van der Waals surface area (Å²) in [6, 6.07) is 5.67. The summed E-state index contributed by atoms with van der Waals surface area (Å²) in [5.41, 5.74) is 0.988. The van der Waals surface area contributed by atoms with E-state index < -0.39 is 4.92 Å². The highest BCUT2D eigenvalue weighted by atomic mass is 35.5. The van der Waals surface area contributed by atoms with Crippen LogP contribution in [0.25, 0.3) is 0 Å². The second-order valence-electron chi connectivity index (χ2n) is 5.07. The lowest BCUT2D eigenvalue weighted by atomic mass is 10.0. The Kier molecular flexibility index (Phi) is 6.52. The largest absolute Gasteiger partial charge is 0.299 e. The smallest absolute Gasteiger partial charge is 0.269 e. The lowest BCUT2D eigenvalue weighted by Gasteiger charge is -2.26. The molecule has 1 aromatic rings. The molecule has 1 aliphatic rings. The Balaban J connectivity index is 0.00000220. The number of nitrogens with zero attached hydrogens (tertiary/aromatic N) is 2. The fraction of sp³-hybridized carbons (Fsp3) is 0.400. The van der Waals surface area contributed by atoms with Crippen molar-refractivity contribution >= 4 is 23.9 Å². The maximum Gasteiger partial charge on any atom is 0.269 e. The summed E-state index contributed by atoms with van der Waals surface area (Å²) in [5.74, 6) is -0.134. The molecule has 2 rings (SSSR count). The number of rotatable bonds is 5. The lowest BCUT2D eigenvalue weighted by molar-refractivity contribution is -0.384. The topological polar surface area (TPSA) is 63.5 Å². The van der Waals surface area contributed by atoms with Crippen molar-refractivity contribution < 1.29 is 9.72 Å². The third-order valence-corrected chi connectivity index (χ3v) is 3.52. The molecule has 1 heterocycles. The van der Waals surface area contributed by atoms with Crippen LogP contribution in [0.2, 0.25) is 0 Å². The van der Waals surface area contributed by atoms with E-state index in [9.17, 15) is 14.9 Å². The van der Waals surface area contributed by atoms with Gasteiger partial charge in [-0.25, -0.2) is 0 Å². The Morgan fingerprint density at radius 3 is 2.29 bits per heavy atom. The van der Waals surface area contributed by atoms with Crippen LogP contribution in [0.15, 0.2) is 36.4 Å². The van der Waals surface area contributed by atoms with Crippen LogP contribution in [0.5, 0.6) is 0 Å². The predicted molar refractivity (Wildman–Crippen MR) is 84.1 cm³/mol. The van der Waals surface area contributed by atoms with Crippen molar-refractivity contribution in [1.29, 1.82) is 0 Å². The highest BCUT2D eigenvalue weighted by Crippen LogP contribution is 2.16. The first kappa shape index (κ1) is 17.3. The molecule has 0 saturated carbocycles. The van der Waals surface area contributed by atoms with Crippen LogP contribution in [0, 0.1) is 10.1 Å². The molecule has 0 spiro atoms. The normalized spacial score (nSPS) is 15.0. The van der Waals surface area contributed by atoms with E-state index in [1.807, 2.05) is 0 Å². The van der Waals surface area contributed by atoms with Crippen LogP contribution >= 0.6 is 12.4 Å². The van der Waals surface area contributed by atoms with Crippen molar-refractivity contribution in [3.05, 3.63) is 52.1 Å². The van der Waals surface area contributed by atoms with Gasteiger partial charge in [0.05, 0.1) is 4.92 Å². The molecule has 0 bridgehead atoms. The van der Waals surface area contributed by atoms with Gasteiger partial charge in [0.2, 0.25) is 0 Å². The number of carbonyl (C=O) groups is 1. The molecule has 0 radical (unpaired) electrons. The third-order valence-electron chi connectivity index (χ3n) is 3.52. The van der Waals surface area contributed by atoms with Crippen molar-refractivity contribution in [3.8, 4) is 0 Å². The van der Waals surface area contributed by atoms with Crippen molar-refractivity contribution in [2.45, 2.75) is 19.3 Å². The SMILES string of the molecule is C=C(CN1CCCCC1)C(=O)c1ccc([N+](=O)[O-])cc1.Cl.